The molecule has 1 aliphatic heterocycles. The summed E-state index contributed by atoms with van der Waals surface area (Å²) in [5, 5.41) is 0. The third kappa shape index (κ3) is 1.16. The Labute approximate surface area is 44.7 Å². The van der Waals surface area contributed by atoms with Crippen molar-refractivity contribution in [3.8, 4) is 0 Å². The van der Waals surface area contributed by atoms with Gasteiger partial charge < -0.3 is 4.74 Å². The summed E-state index contributed by atoms with van der Waals surface area (Å²) in [4.78, 5) is 0. The molecular formula is C6H13O+. The van der Waals surface area contributed by atoms with Crippen LogP contribution in [0, 0.1) is 0 Å². The lowest BCUT2D eigenvalue weighted by atomic mass is 10.1. The van der Waals surface area contributed by atoms with E-state index in [1.165, 1.54) is 12.8 Å². The van der Waals surface area contributed by atoms with Gasteiger partial charge >= 0.3 is 0 Å². The van der Waals surface area contributed by atoms with E-state index in [4.69, 9.17) is 0 Å². The first kappa shape index (κ1) is 5.10. The Morgan fingerprint density at radius 1 is 1.43 bits per heavy atom. The van der Waals surface area contributed by atoms with Crippen molar-refractivity contribution < 1.29 is 4.74 Å². The normalized spacial score (nSPS) is 28.3. The van der Waals surface area contributed by atoms with Crippen LogP contribution in [0.25, 0.3) is 0 Å². The number of ether oxygens (including phenoxy) is 1. The highest BCUT2D eigenvalue weighted by Crippen LogP contribution is 2.20. The van der Waals surface area contributed by atoms with Gasteiger partial charge in [-0.1, -0.05) is 0 Å². The van der Waals surface area contributed by atoms with Crippen molar-refractivity contribution >= 4 is 0 Å². The Balaban J connectivity index is 2.40. The lowest BCUT2D eigenvalue weighted by Crippen LogP contribution is -2.20. The predicted octanol–water partition coefficient (Wildman–Crippen LogP) is 1.09. The van der Waals surface area contributed by atoms with E-state index in [1.54, 1.807) is 0 Å². The summed E-state index contributed by atoms with van der Waals surface area (Å²) >= 11 is 0. The molecule has 1 heteroatoms. The van der Waals surface area contributed by atoms with Crippen LogP contribution in [0.1, 0.15) is 26.7 Å². The topological polar surface area (TPSA) is 12.8 Å². The number of hydrogen-bond acceptors (Lipinski definition) is 0. The second-order valence-corrected chi connectivity index (χ2v) is 2.80. The fraction of sp³-hybridized carbons (Fsp3) is 1.00. The van der Waals surface area contributed by atoms with Crippen LogP contribution in [0.5, 0.6) is 0 Å². The Morgan fingerprint density at radius 2 is 2.14 bits per heavy atom. The van der Waals surface area contributed by atoms with Crippen molar-refractivity contribution in [2.45, 2.75) is 32.3 Å². The fourth-order valence-corrected chi connectivity index (χ4v) is 0.972. The average molecular weight is 101 g/mol. The first-order valence-electron chi connectivity index (χ1n) is 2.89. The SMILES string of the molecule is CC1(C)CCC[OH+]1. The molecule has 0 aromatic carbocycles. The molecule has 0 spiro atoms. The molecular weight excluding hydrogens is 88.1 g/mol. The van der Waals surface area contributed by atoms with Gasteiger partial charge in [-0.3, -0.25) is 0 Å². The molecule has 1 N–H and O–H groups in total. The standard InChI is InChI=1S/C6H12O/c1-6(2)4-3-5-7-6/h3-5H2,1-2H3/p+1. The van der Waals surface area contributed by atoms with Crippen LogP contribution in [0.2, 0.25) is 0 Å². The van der Waals surface area contributed by atoms with E-state index >= 15 is 0 Å². The van der Waals surface area contributed by atoms with E-state index in [-0.39, 0.29) is 0 Å². The molecule has 7 heavy (non-hydrogen) atoms. The molecule has 0 unspecified atom stereocenters. The molecule has 0 radical (unpaired) electrons. The van der Waals surface area contributed by atoms with Gasteiger partial charge in [-0.2, -0.15) is 0 Å². The summed E-state index contributed by atoms with van der Waals surface area (Å²) in [7, 11) is 0. The maximum atomic E-state index is 4.37. The molecule has 42 valence electrons. The lowest BCUT2D eigenvalue weighted by molar-refractivity contribution is -0.118. The van der Waals surface area contributed by atoms with E-state index in [0.29, 0.717) is 5.60 Å². The van der Waals surface area contributed by atoms with Gasteiger partial charge in [0.25, 0.3) is 0 Å². The third-order valence-corrected chi connectivity index (χ3v) is 1.49. The number of aliphatic hydroxyl groups is 2. The summed E-state index contributed by atoms with van der Waals surface area (Å²) in [5.74, 6) is 0. The van der Waals surface area contributed by atoms with Crippen LogP contribution in [-0.2, 0) is 0 Å². The van der Waals surface area contributed by atoms with Gasteiger partial charge in [0.05, 0.1) is 0 Å². The summed E-state index contributed by atoms with van der Waals surface area (Å²) in [6, 6.07) is 0. The first-order chi connectivity index (χ1) is 3.21. The average Bonchev–Trinajstić information content (AvgIpc) is 1.84. The molecule has 0 atom stereocenters. The van der Waals surface area contributed by atoms with Crippen LogP contribution < -0.4 is 0 Å². The van der Waals surface area contributed by atoms with Crippen molar-refractivity contribution in [2.24, 2.45) is 0 Å². The summed E-state index contributed by atoms with van der Waals surface area (Å²) in [6.45, 7) is 5.48. The van der Waals surface area contributed by atoms with Gasteiger partial charge in [-0.05, 0) is 0 Å². The van der Waals surface area contributed by atoms with Gasteiger partial charge in [0.15, 0.2) is 5.60 Å². The molecule has 1 nitrogen and oxygen atoms in total. The summed E-state index contributed by atoms with van der Waals surface area (Å²) in [6.07, 6.45) is 2.58. The van der Waals surface area contributed by atoms with E-state index in [0.717, 1.165) is 6.61 Å². The summed E-state index contributed by atoms with van der Waals surface area (Å²) in [5.41, 5.74) is 0.319. The maximum absolute atomic E-state index is 4.37. The maximum Gasteiger partial charge on any atom is 0.159 e. The van der Waals surface area contributed by atoms with Gasteiger partial charge in [0.2, 0.25) is 0 Å². The highest BCUT2D eigenvalue weighted by molar-refractivity contribution is 4.71. The quantitative estimate of drug-likeness (QED) is 0.405. The molecule has 1 fully saturated rings. The van der Waals surface area contributed by atoms with Crippen LogP contribution >= 0.6 is 0 Å². The van der Waals surface area contributed by atoms with Crippen molar-refractivity contribution in [2.75, 3.05) is 6.61 Å². The minimum atomic E-state index is 0.319. The van der Waals surface area contributed by atoms with Crippen molar-refractivity contribution in [1.82, 2.24) is 0 Å². The first-order valence-corrected chi connectivity index (χ1v) is 2.89. The predicted molar refractivity (Wildman–Crippen MR) is 30.4 cm³/mol. The zero-order chi connectivity index (χ0) is 5.33. The molecule has 0 aromatic rings. The summed E-state index contributed by atoms with van der Waals surface area (Å²) < 4.78 is 4.37. The molecule has 0 aliphatic carbocycles. The molecule has 0 amide bonds. The molecule has 1 heterocycles. The number of rotatable bonds is 0. The van der Waals surface area contributed by atoms with Crippen LogP contribution in [-0.4, -0.2) is 16.9 Å². The van der Waals surface area contributed by atoms with E-state index in [9.17, 15) is 0 Å². The Bertz CT molecular complexity index is 58.6. The Morgan fingerprint density at radius 3 is 2.29 bits per heavy atom. The van der Waals surface area contributed by atoms with Crippen molar-refractivity contribution in [3.63, 3.8) is 0 Å². The van der Waals surface area contributed by atoms with Gasteiger partial charge in [-0.15, -0.1) is 0 Å². The van der Waals surface area contributed by atoms with Gasteiger partial charge in [0, 0.05) is 26.7 Å². The molecule has 1 rings (SSSR count). The van der Waals surface area contributed by atoms with Crippen LogP contribution in [0.15, 0.2) is 0 Å². The molecule has 0 saturated carbocycles. The Hall–Kier alpha value is -0.0400. The van der Waals surface area contributed by atoms with E-state index in [1.807, 2.05) is 0 Å². The zero-order valence-electron chi connectivity index (χ0n) is 5.07. The smallest absolute Gasteiger partial charge is 0.159 e. The highest BCUT2D eigenvalue weighted by atomic mass is 16.5. The second-order valence-electron chi connectivity index (χ2n) is 2.80. The van der Waals surface area contributed by atoms with E-state index < -0.39 is 0 Å². The fourth-order valence-electron chi connectivity index (χ4n) is 0.972. The van der Waals surface area contributed by atoms with E-state index in [2.05, 4.69) is 18.6 Å². The second kappa shape index (κ2) is 1.48. The zero-order valence-corrected chi connectivity index (χ0v) is 5.07. The lowest BCUT2D eigenvalue weighted by Gasteiger charge is -2.09. The largest absolute Gasteiger partial charge is 0.430 e. The van der Waals surface area contributed by atoms with Crippen molar-refractivity contribution in [1.29, 1.82) is 0 Å². The molecule has 1 aliphatic rings. The monoisotopic (exact) mass is 101 g/mol. The van der Waals surface area contributed by atoms with Crippen molar-refractivity contribution in [3.05, 3.63) is 0 Å². The Kier molecular flexibility index (Phi) is 1.08. The van der Waals surface area contributed by atoms with Crippen LogP contribution in [0.3, 0.4) is 0 Å². The highest BCUT2D eigenvalue weighted by Gasteiger charge is 2.28. The molecule has 0 aromatic heterocycles. The van der Waals surface area contributed by atoms with Gasteiger partial charge in [0.1, 0.15) is 6.61 Å². The number of hydrogen-bond donors (Lipinski definition) is 0. The van der Waals surface area contributed by atoms with Gasteiger partial charge in [-0.25, -0.2) is 0 Å². The van der Waals surface area contributed by atoms with Crippen LogP contribution in [0.4, 0.5) is 0 Å². The minimum Gasteiger partial charge on any atom is -0.430 e. The minimum absolute atomic E-state index is 0.319. The molecule has 1 saturated heterocycles. The third-order valence-electron chi connectivity index (χ3n) is 1.49. The molecule has 0 bridgehead atoms.